The SMILES string of the molecule is O=C(Nc1ncc(Cc2cccc(C(F)(F)F)c2)s1)c1ccc(S(=O)(=O)NC2CC2)cc1. The van der Waals surface area contributed by atoms with Crippen molar-refractivity contribution in [1.82, 2.24) is 9.71 Å². The molecule has 1 aliphatic rings. The summed E-state index contributed by atoms with van der Waals surface area (Å²) in [6.45, 7) is 0. The summed E-state index contributed by atoms with van der Waals surface area (Å²) in [6.07, 6.45) is -1.02. The van der Waals surface area contributed by atoms with E-state index >= 15 is 0 Å². The Labute approximate surface area is 186 Å². The highest BCUT2D eigenvalue weighted by Gasteiger charge is 2.30. The maximum atomic E-state index is 12.9. The summed E-state index contributed by atoms with van der Waals surface area (Å²) >= 11 is 1.16. The first kappa shape index (κ1) is 22.4. The molecule has 0 atom stereocenters. The highest BCUT2D eigenvalue weighted by atomic mass is 32.2. The van der Waals surface area contributed by atoms with E-state index < -0.39 is 27.7 Å². The van der Waals surface area contributed by atoms with Crippen LogP contribution in [0.2, 0.25) is 0 Å². The van der Waals surface area contributed by atoms with Crippen molar-refractivity contribution in [3.63, 3.8) is 0 Å². The standard InChI is InChI=1S/C21H18F3N3O3S2/c22-21(23,24)15-3-1-2-13(10-15)11-17-12-25-20(31-17)26-19(28)14-4-8-18(9-5-14)32(29,30)27-16-6-7-16/h1-5,8-10,12,16,27H,6-7,11H2,(H,25,26,28). The number of benzene rings is 2. The van der Waals surface area contributed by atoms with Gasteiger partial charge in [0.2, 0.25) is 10.0 Å². The Morgan fingerprint density at radius 1 is 1.12 bits per heavy atom. The summed E-state index contributed by atoms with van der Waals surface area (Å²) < 4.78 is 65.6. The van der Waals surface area contributed by atoms with Gasteiger partial charge in [0.15, 0.2) is 5.13 Å². The van der Waals surface area contributed by atoms with Crippen LogP contribution in [0, 0.1) is 0 Å². The molecule has 11 heteroatoms. The number of nitrogens with one attached hydrogen (secondary N) is 2. The van der Waals surface area contributed by atoms with Crippen LogP contribution in [-0.2, 0) is 22.6 Å². The van der Waals surface area contributed by atoms with Gasteiger partial charge in [-0.2, -0.15) is 13.2 Å². The molecule has 0 saturated heterocycles. The van der Waals surface area contributed by atoms with Crippen molar-refractivity contribution in [1.29, 1.82) is 0 Å². The fourth-order valence-electron chi connectivity index (χ4n) is 2.95. The van der Waals surface area contributed by atoms with Gasteiger partial charge in [-0.05, 0) is 48.7 Å². The van der Waals surface area contributed by atoms with E-state index in [9.17, 15) is 26.4 Å². The minimum Gasteiger partial charge on any atom is -0.298 e. The van der Waals surface area contributed by atoms with Gasteiger partial charge in [0.25, 0.3) is 5.91 Å². The van der Waals surface area contributed by atoms with Gasteiger partial charge in [0, 0.05) is 29.1 Å². The van der Waals surface area contributed by atoms with Crippen molar-refractivity contribution in [3.05, 3.63) is 76.3 Å². The zero-order chi connectivity index (χ0) is 22.9. The van der Waals surface area contributed by atoms with Crippen LogP contribution >= 0.6 is 11.3 Å². The number of sulfonamides is 1. The molecule has 1 fully saturated rings. The van der Waals surface area contributed by atoms with Gasteiger partial charge < -0.3 is 0 Å². The number of rotatable bonds is 7. The van der Waals surface area contributed by atoms with Crippen LogP contribution in [0.15, 0.2) is 59.6 Å². The first-order chi connectivity index (χ1) is 15.1. The number of carbonyl (C=O) groups is 1. The predicted octanol–water partition coefficient (Wildman–Crippen LogP) is 4.45. The molecule has 6 nitrogen and oxygen atoms in total. The Morgan fingerprint density at radius 2 is 1.84 bits per heavy atom. The molecule has 4 rings (SSSR count). The van der Waals surface area contributed by atoms with Crippen LogP contribution in [-0.4, -0.2) is 25.4 Å². The number of halogens is 3. The second-order valence-electron chi connectivity index (χ2n) is 7.38. The number of thiazole rings is 1. The summed E-state index contributed by atoms with van der Waals surface area (Å²) in [6, 6.07) is 10.6. The van der Waals surface area contributed by atoms with E-state index in [2.05, 4.69) is 15.0 Å². The third-order valence-electron chi connectivity index (χ3n) is 4.73. The largest absolute Gasteiger partial charge is 0.416 e. The molecule has 1 heterocycles. The average molecular weight is 482 g/mol. The second-order valence-corrected chi connectivity index (χ2v) is 10.2. The number of anilines is 1. The summed E-state index contributed by atoms with van der Waals surface area (Å²) in [5, 5.41) is 2.92. The summed E-state index contributed by atoms with van der Waals surface area (Å²) in [7, 11) is -3.60. The number of aromatic nitrogens is 1. The molecule has 1 aliphatic carbocycles. The van der Waals surface area contributed by atoms with Crippen molar-refractivity contribution < 1.29 is 26.4 Å². The predicted molar refractivity (Wildman–Crippen MR) is 114 cm³/mol. The minimum atomic E-state index is -4.41. The van der Waals surface area contributed by atoms with Crippen LogP contribution in [0.1, 0.15) is 39.2 Å². The van der Waals surface area contributed by atoms with Crippen LogP contribution in [0.25, 0.3) is 0 Å². The van der Waals surface area contributed by atoms with Crippen LogP contribution < -0.4 is 10.0 Å². The lowest BCUT2D eigenvalue weighted by Crippen LogP contribution is -2.25. The Kier molecular flexibility index (Phi) is 6.06. The molecule has 168 valence electrons. The van der Waals surface area contributed by atoms with Crippen LogP contribution in [0.3, 0.4) is 0 Å². The van der Waals surface area contributed by atoms with Gasteiger partial charge in [0.05, 0.1) is 10.5 Å². The van der Waals surface area contributed by atoms with Gasteiger partial charge in [-0.3, -0.25) is 10.1 Å². The van der Waals surface area contributed by atoms with E-state index in [1.54, 1.807) is 6.07 Å². The van der Waals surface area contributed by atoms with E-state index in [1.165, 1.54) is 36.5 Å². The minimum absolute atomic E-state index is 0.0157. The maximum Gasteiger partial charge on any atom is 0.416 e. The van der Waals surface area contributed by atoms with Crippen molar-refractivity contribution in [2.24, 2.45) is 0 Å². The molecular formula is C21H18F3N3O3S2. The lowest BCUT2D eigenvalue weighted by Gasteiger charge is -2.08. The third-order valence-corrected chi connectivity index (χ3v) is 7.18. The molecular weight excluding hydrogens is 463 g/mol. The molecule has 1 amide bonds. The molecule has 3 aromatic rings. The summed E-state index contributed by atoms with van der Waals surface area (Å²) in [5.74, 6) is -0.468. The highest BCUT2D eigenvalue weighted by molar-refractivity contribution is 7.89. The first-order valence-corrected chi connectivity index (χ1v) is 11.9. The number of hydrogen-bond donors (Lipinski definition) is 2. The van der Waals surface area contributed by atoms with Crippen molar-refractivity contribution in [2.75, 3.05) is 5.32 Å². The molecule has 32 heavy (non-hydrogen) atoms. The molecule has 0 unspecified atom stereocenters. The summed E-state index contributed by atoms with van der Waals surface area (Å²) in [4.78, 5) is 17.3. The maximum absolute atomic E-state index is 12.9. The number of hydrogen-bond acceptors (Lipinski definition) is 5. The number of carbonyl (C=O) groups excluding carboxylic acids is 1. The quantitative estimate of drug-likeness (QED) is 0.522. The lowest BCUT2D eigenvalue weighted by atomic mass is 10.1. The van der Waals surface area contributed by atoms with Crippen molar-refractivity contribution in [2.45, 2.75) is 36.4 Å². The normalized spacial score (nSPS) is 14.3. The average Bonchev–Trinajstić information content (AvgIpc) is 3.44. The highest BCUT2D eigenvalue weighted by Crippen LogP contribution is 2.30. The molecule has 2 aromatic carbocycles. The number of amides is 1. The fourth-order valence-corrected chi connectivity index (χ4v) is 5.10. The molecule has 1 saturated carbocycles. The zero-order valence-electron chi connectivity index (χ0n) is 16.5. The molecule has 1 aromatic heterocycles. The fraction of sp³-hybridized carbons (Fsp3) is 0.238. The Bertz CT molecular complexity index is 1230. The molecule has 0 bridgehead atoms. The zero-order valence-corrected chi connectivity index (χ0v) is 18.2. The monoisotopic (exact) mass is 481 g/mol. The summed E-state index contributed by atoms with van der Waals surface area (Å²) in [5.41, 5.74) is 0.0220. The van der Waals surface area contributed by atoms with Gasteiger partial charge >= 0.3 is 6.18 Å². The van der Waals surface area contributed by atoms with E-state index in [4.69, 9.17) is 0 Å². The van der Waals surface area contributed by atoms with Gasteiger partial charge in [0.1, 0.15) is 0 Å². The van der Waals surface area contributed by atoms with E-state index in [0.717, 1.165) is 36.3 Å². The molecule has 0 radical (unpaired) electrons. The van der Waals surface area contributed by atoms with Crippen LogP contribution in [0.4, 0.5) is 18.3 Å². The number of nitrogens with zero attached hydrogens (tertiary/aromatic N) is 1. The molecule has 0 aliphatic heterocycles. The first-order valence-electron chi connectivity index (χ1n) is 9.65. The van der Waals surface area contributed by atoms with Crippen LogP contribution in [0.5, 0.6) is 0 Å². The van der Waals surface area contributed by atoms with E-state index in [0.29, 0.717) is 15.6 Å². The second kappa shape index (κ2) is 8.64. The van der Waals surface area contributed by atoms with Gasteiger partial charge in [-0.15, -0.1) is 11.3 Å². The van der Waals surface area contributed by atoms with E-state index in [1.807, 2.05) is 0 Å². The Hall–Kier alpha value is -2.76. The number of alkyl halides is 3. The Morgan fingerprint density at radius 3 is 2.50 bits per heavy atom. The van der Waals surface area contributed by atoms with Crippen molar-refractivity contribution >= 4 is 32.4 Å². The van der Waals surface area contributed by atoms with Gasteiger partial charge in [-0.25, -0.2) is 18.1 Å². The third kappa shape index (κ3) is 5.53. The molecule has 0 spiro atoms. The van der Waals surface area contributed by atoms with Gasteiger partial charge in [-0.1, -0.05) is 18.2 Å². The van der Waals surface area contributed by atoms with Crippen molar-refractivity contribution in [3.8, 4) is 0 Å². The topological polar surface area (TPSA) is 88.2 Å². The molecule has 2 N–H and O–H groups in total. The Balaban J connectivity index is 1.39. The van der Waals surface area contributed by atoms with E-state index in [-0.39, 0.29) is 22.9 Å². The lowest BCUT2D eigenvalue weighted by molar-refractivity contribution is -0.137. The smallest absolute Gasteiger partial charge is 0.298 e.